The maximum absolute atomic E-state index is 13.2. The van der Waals surface area contributed by atoms with Crippen molar-refractivity contribution in [1.29, 1.82) is 5.26 Å². The fourth-order valence-corrected chi connectivity index (χ4v) is 2.07. The SMILES string of the molecule is CC(Oc1ccc(F)c(F)c1)C(=O)C(C#N)c1ccc(C(F)(F)F)cn1. The normalized spacial score (nSPS) is 13.6. The van der Waals surface area contributed by atoms with Gasteiger partial charge >= 0.3 is 6.18 Å². The van der Waals surface area contributed by atoms with Gasteiger partial charge in [0, 0.05) is 12.3 Å². The first-order valence-electron chi connectivity index (χ1n) is 7.21. The molecule has 1 aromatic carbocycles. The number of alkyl halides is 3. The van der Waals surface area contributed by atoms with Gasteiger partial charge in [-0.25, -0.2) is 8.78 Å². The average Bonchev–Trinajstić information content (AvgIpc) is 2.58. The summed E-state index contributed by atoms with van der Waals surface area (Å²) in [5.41, 5.74) is -1.19. The predicted molar refractivity (Wildman–Crippen MR) is 79.0 cm³/mol. The summed E-state index contributed by atoms with van der Waals surface area (Å²) in [6.07, 6.45) is -5.32. The fourth-order valence-electron chi connectivity index (χ4n) is 2.07. The number of nitriles is 1. The van der Waals surface area contributed by atoms with E-state index < -0.39 is 41.2 Å². The third-order valence-electron chi connectivity index (χ3n) is 3.43. The van der Waals surface area contributed by atoms with Crippen LogP contribution in [0, 0.1) is 23.0 Å². The number of rotatable bonds is 5. The molecule has 0 aliphatic rings. The van der Waals surface area contributed by atoms with Crippen LogP contribution in [0.3, 0.4) is 0 Å². The topological polar surface area (TPSA) is 63.0 Å². The van der Waals surface area contributed by atoms with E-state index >= 15 is 0 Å². The Morgan fingerprint density at radius 3 is 2.38 bits per heavy atom. The predicted octanol–water partition coefficient (Wildman–Crippen LogP) is 4.02. The van der Waals surface area contributed by atoms with Crippen molar-refractivity contribution in [2.45, 2.75) is 25.1 Å². The first-order valence-corrected chi connectivity index (χ1v) is 7.21. The zero-order valence-corrected chi connectivity index (χ0v) is 13.2. The molecule has 1 aromatic heterocycles. The van der Waals surface area contributed by atoms with Crippen LogP contribution in [0.1, 0.15) is 24.1 Å². The molecule has 0 fully saturated rings. The molecule has 0 saturated heterocycles. The molecule has 0 N–H and O–H groups in total. The molecule has 0 spiro atoms. The molecule has 4 nitrogen and oxygen atoms in total. The summed E-state index contributed by atoms with van der Waals surface area (Å²) in [6, 6.07) is 5.93. The van der Waals surface area contributed by atoms with Gasteiger partial charge in [-0.2, -0.15) is 18.4 Å². The lowest BCUT2D eigenvalue weighted by atomic mass is 9.97. The summed E-state index contributed by atoms with van der Waals surface area (Å²) in [7, 11) is 0. The molecule has 0 aliphatic heterocycles. The highest BCUT2D eigenvalue weighted by molar-refractivity contribution is 5.91. The van der Waals surface area contributed by atoms with Crippen LogP contribution in [0.4, 0.5) is 22.0 Å². The van der Waals surface area contributed by atoms with Gasteiger partial charge in [0.05, 0.1) is 17.3 Å². The number of carbonyl (C=O) groups excluding carboxylic acids is 1. The highest BCUT2D eigenvalue weighted by Crippen LogP contribution is 2.29. The minimum absolute atomic E-state index is 0.137. The monoisotopic (exact) mass is 370 g/mol. The largest absolute Gasteiger partial charge is 0.483 e. The van der Waals surface area contributed by atoms with E-state index in [1.165, 1.54) is 6.92 Å². The van der Waals surface area contributed by atoms with E-state index in [-0.39, 0.29) is 11.4 Å². The van der Waals surface area contributed by atoms with E-state index in [4.69, 9.17) is 4.74 Å². The summed E-state index contributed by atoms with van der Waals surface area (Å²) in [6.45, 7) is 1.28. The second-order valence-corrected chi connectivity index (χ2v) is 5.27. The van der Waals surface area contributed by atoms with Crippen molar-refractivity contribution < 1.29 is 31.5 Å². The molecule has 2 atom stereocenters. The molecule has 2 unspecified atom stereocenters. The average molecular weight is 370 g/mol. The quantitative estimate of drug-likeness (QED) is 0.746. The summed E-state index contributed by atoms with van der Waals surface area (Å²) in [4.78, 5) is 15.9. The van der Waals surface area contributed by atoms with Gasteiger partial charge < -0.3 is 4.74 Å². The molecule has 0 bridgehead atoms. The van der Waals surface area contributed by atoms with Crippen molar-refractivity contribution in [3.8, 4) is 11.8 Å². The summed E-state index contributed by atoms with van der Waals surface area (Å²) in [5, 5.41) is 9.18. The lowest BCUT2D eigenvalue weighted by Crippen LogP contribution is -2.29. The zero-order chi connectivity index (χ0) is 19.5. The van der Waals surface area contributed by atoms with Gasteiger partial charge in [0.1, 0.15) is 5.75 Å². The van der Waals surface area contributed by atoms with Crippen LogP contribution < -0.4 is 4.74 Å². The minimum atomic E-state index is -4.60. The number of nitrogens with zero attached hydrogens (tertiary/aromatic N) is 2. The number of ether oxygens (including phenoxy) is 1. The van der Waals surface area contributed by atoms with Gasteiger partial charge in [-0.1, -0.05) is 0 Å². The minimum Gasteiger partial charge on any atom is -0.483 e. The maximum Gasteiger partial charge on any atom is 0.417 e. The standard InChI is InChI=1S/C17H11F5N2O2/c1-9(26-11-3-4-13(18)14(19)6-11)16(25)12(7-23)15-5-2-10(8-24-15)17(20,21)22/h2-6,8-9,12H,1H3. The number of halogens is 5. The van der Waals surface area contributed by atoms with Crippen LogP contribution in [0.2, 0.25) is 0 Å². The van der Waals surface area contributed by atoms with Crippen molar-refractivity contribution in [2.75, 3.05) is 0 Å². The Morgan fingerprint density at radius 1 is 1.19 bits per heavy atom. The number of ketones is 1. The van der Waals surface area contributed by atoms with E-state index in [2.05, 4.69) is 4.98 Å². The molecular formula is C17H11F5N2O2. The first-order chi connectivity index (χ1) is 12.1. The lowest BCUT2D eigenvalue weighted by molar-refractivity contribution is -0.137. The van der Waals surface area contributed by atoms with Gasteiger partial charge in [-0.15, -0.1) is 0 Å². The van der Waals surface area contributed by atoms with Crippen LogP contribution in [0.25, 0.3) is 0 Å². The van der Waals surface area contributed by atoms with E-state index in [0.29, 0.717) is 12.3 Å². The zero-order valence-electron chi connectivity index (χ0n) is 13.2. The van der Waals surface area contributed by atoms with Gasteiger partial charge in [0.15, 0.2) is 29.4 Å². The van der Waals surface area contributed by atoms with Crippen LogP contribution >= 0.6 is 0 Å². The number of carbonyl (C=O) groups is 1. The number of aromatic nitrogens is 1. The van der Waals surface area contributed by atoms with Crippen molar-refractivity contribution in [2.24, 2.45) is 0 Å². The highest BCUT2D eigenvalue weighted by Gasteiger charge is 2.32. The molecule has 0 amide bonds. The highest BCUT2D eigenvalue weighted by atomic mass is 19.4. The smallest absolute Gasteiger partial charge is 0.417 e. The summed E-state index contributed by atoms with van der Waals surface area (Å²) < 4.78 is 68.9. The van der Waals surface area contributed by atoms with Crippen LogP contribution in [0.15, 0.2) is 36.5 Å². The Morgan fingerprint density at radius 2 is 1.88 bits per heavy atom. The molecule has 0 saturated carbocycles. The fraction of sp³-hybridized carbons (Fsp3) is 0.235. The summed E-state index contributed by atoms with van der Waals surface area (Å²) in [5.74, 6) is -4.67. The Kier molecular flexibility index (Phi) is 5.55. The first kappa shape index (κ1) is 19.3. The molecule has 136 valence electrons. The second-order valence-electron chi connectivity index (χ2n) is 5.27. The van der Waals surface area contributed by atoms with E-state index in [0.717, 1.165) is 24.3 Å². The van der Waals surface area contributed by atoms with Crippen LogP contribution in [-0.4, -0.2) is 16.9 Å². The lowest BCUT2D eigenvalue weighted by Gasteiger charge is -2.17. The van der Waals surface area contributed by atoms with Crippen LogP contribution in [-0.2, 0) is 11.0 Å². The molecule has 1 heterocycles. The van der Waals surface area contributed by atoms with Crippen LogP contribution in [0.5, 0.6) is 5.75 Å². The second kappa shape index (κ2) is 7.47. The third-order valence-corrected chi connectivity index (χ3v) is 3.43. The Bertz CT molecular complexity index is 844. The molecule has 2 rings (SSSR count). The molecule has 9 heteroatoms. The van der Waals surface area contributed by atoms with E-state index in [1.807, 2.05) is 0 Å². The van der Waals surface area contributed by atoms with Crippen molar-refractivity contribution in [1.82, 2.24) is 4.98 Å². The molecule has 26 heavy (non-hydrogen) atoms. The Balaban J connectivity index is 2.17. The van der Waals surface area contributed by atoms with Crippen molar-refractivity contribution >= 4 is 5.78 Å². The number of pyridine rings is 1. The molecule has 2 aromatic rings. The molecular weight excluding hydrogens is 359 g/mol. The van der Waals surface area contributed by atoms with Gasteiger partial charge in [0.2, 0.25) is 0 Å². The number of benzene rings is 1. The van der Waals surface area contributed by atoms with Gasteiger partial charge in [-0.3, -0.25) is 9.78 Å². The number of Topliss-reactive ketones (excluding diaryl/α,β-unsaturated/α-hetero) is 1. The Labute approximate surface area is 144 Å². The van der Waals surface area contributed by atoms with Gasteiger partial charge in [0.25, 0.3) is 0 Å². The van der Waals surface area contributed by atoms with Crippen molar-refractivity contribution in [3.63, 3.8) is 0 Å². The Hall–Kier alpha value is -3.02. The number of hydrogen-bond donors (Lipinski definition) is 0. The molecule has 0 radical (unpaired) electrons. The third kappa shape index (κ3) is 4.33. The summed E-state index contributed by atoms with van der Waals surface area (Å²) >= 11 is 0. The van der Waals surface area contributed by atoms with E-state index in [1.54, 1.807) is 6.07 Å². The number of hydrogen-bond acceptors (Lipinski definition) is 4. The molecule has 0 aliphatic carbocycles. The van der Waals surface area contributed by atoms with Crippen molar-refractivity contribution in [3.05, 3.63) is 59.4 Å². The maximum atomic E-state index is 13.2. The van der Waals surface area contributed by atoms with E-state index in [9.17, 15) is 32.0 Å². The van der Waals surface area contributed by atoms with Gasteiger partial charge in [-0.05, 0) is 31.2 Å².